The van der Waals surface area contributed by atoms with Crippen LogP contribution in [-0.2, 0) is 5.41 Å². The van der Waals surface area contributed by atoms with E-state index < -0.39 is 0 Å². The zero-order chi connectivity index (χ0) is 18.6. The van der Waals surface area contributed by atoms with E-state index in [9.17, 15) is 0 Å². The summed E-state index contributed by atoms with van der Waals surface area (Å²) in [4.78, 5) is 18.7. The van der Waals surface area contributed by atoms with Gasteiger partial charge in [0.1, 0.15) is 12.0 Å². The lowest BCUT2D eigenvalue weighted by atomic mass is 9.66. The van der Waals surface area contributed by atoms with Gasteiger partial charge in [-0.3, -0.25) is 4.90 Å². The topological polar surface area (TPSA) is 45.2 Å². The molecule has 0 fully saturated rings. The minimum atomic E-state index is 0.0623. The average molecular weight is 357 g/mol. The fourth-order valence-corrected chi connectivity index (χ4v) is 4.73. The third-order valence-corrected chi connectivity index (χ3v) is 6.51. The van der Waals surface area contributed by atoms with E-state index in [2.05, 4.69) is 65.9 Å². The van der Waals surface area contributed by atoms with Gasteiger partial charge >= 0.3 is 0 Å². The van der Waals surface area contributed by atoms with Gasteiger partial charge in [0, 0.05) is 35.6 Å². The van der Waals surface area contributed by atoms with Crippen LogP contribution >= 0.6 is 0 Å². The van der Waals surface area contributed by atoms with Crippen molar-refractivity contribution in [3.8, 4) is 0 Å². The van der Waals surface area contributed by atoms with E-state index in [0.717, 1.165) is 23.9 Å². The molecule has 136 valence electrons. The summed E-state index contributed by atoms with van der Waals surface area (Å²) in [6, 6.07) is 14.8. The van der Waals surface area contributed by atoms with Crippen molar-refractivity contribution >= 4 is 23.1 Å². The van der Waals surface area contributed by atoms with Crippen LogP contribution in [0.15, 0.2) is 61.1 Å². The number of anilines is 4. The fraction of sp³-hybridized carbons (Fsp3) is 0.318. The molecular formula is C22H23N5. The fourth-order valence-electron chi connectivity index (χ4n) is 4.73. The summed E-state index contributed by atoms with van der Waals surface area (Å²) in [6.45, 7) is 7.01. The zero-order valence-corrected chi connectivity index (χ0v) is 15.9. The summed E-state index contributed by atoms with van der Waals surface area (Å²) >= 11 is 0. The minimum absolute atomic E-state index is 0.0623. The van der Waals surface area contributed by atoms with Gasteiger partial charge in [-0.1, -0.05) is 45.0 Å². The molecule has 0 radical (unpaired) electrons. The molecule has 2 aliphatic rings. The molecule has 5 heteroatoms. The number of benzene rings is 1. The highest BCUT2D eigenvalue weighted by molar-refractivity contribution is 5.85. The highest BCUT2D eigenvalue weighted by Gasteiger charge is 2.53. The Labute approximate surface area is 159 Å². The number of nitrogens with zero attached hydrogens (tertiary/aromatic N) is 5. The number of fused-ring (bicyclic) bond motifs is 5. The molecule has 0 spiro atoms. The van der Waals surface area contributed by atoms with Gasteiger partial charge < -0.3 is 4.90 Å². The van der Waals surface area contributed by atoms with Crippen molar-refractivity contribution in [2.45, 2.75) is 38.8 Å². The molecule has 2 aromatic heterocycles. The second-order valence-electron chi connectivity index (χ2n) is 7.62. The maximum atomic E-state index is 4.72. The molecule has 0 bridgehead atoms. The monoisotopic (exact) mass is 357 g/mol. The van der Waals surface area contributed by atoms with Crippen LogP contribution in [0.25, 0.3) is 0 Å². The van der Waals surface area contributed by atoms with Crippen LogP contribution in [0.5, 0.6) is 0 Å². The predicted molar refractivity (Wildman–Crippen MR) is 108 cm³/mol. The normalized spacial score (nSPS) is 25.7. The number of hydrogen-bond acceptors (Lipinski definition) is 5. The summed E-state index contributed by atoms with van der Waals surface area (Å²) in [6.07, 6.45) is 6.55. The van der Waals surface area contributed by atoms with Gasteiger partial charge in [-0.25, -0.2) is 15.0 Å². The maximum Gasteiger partial charge on any atom is 0.179 e. The van der Waals surface area contributed by atoms with Crippen molar-refractivity contribution in [2.24, 2.45) is 5.92 Å². The summed E-state index contributed by atoms with van der Waals surface area (Å²) in [7, 11) is 0. The molecule has 3 atom stereocenters. The van der Waals surface area contributed by atoms with Crippen LogP contribution < -0.4 is 9.80 Å². The molecule has 5 rings (SSSR count). The van der Waals surface area contributed by atoms with Gasteiger partial charge in [-0.2, -0.15) is 0 Å². The van der Waals surface area contributed by atoms with E-state index in [1.807, 2.05) is 18.3 Å². The zero-order valence-electron chi connectivity index (χ0n) is 15.9. The Morgan fingerprint density at radius 1 is 0.889 bits per heavy atom. The van der Waals surface area contributed by atoms with Crippen LogP contribution in [0, 0.1) is 5.92 Å². The second kappa shape index (κ2) is 5.78. The van der Waals surface area contributed by atoms with Crippen molar-refractivity contribution in [3.63, 3.8) is 0 Å². The van der Waals surface area contributed by atoms with Crippen LogP contribution in [0.1, 0.15) is 32.8 Å². The Morgan fingerprint density at radius 2 is 1.59 bits per heavy atom. The summed E-state index contributed by atoms with van der Waals surface area (Å²) in [5, 5.41) is 0. The summed E-state index contributed by atoms with van der Waals surface area (Å²) in [5.41, 5.74) is 2.67. The molecule has 0 N–H and O–H groups in total. The first-order chi connectivity index (χ1) is 13.2. The van der Waals surface area contributed by atoms with Crippen LogP contribution in [-0.4, -0.2) is 21.1 Å². The maximum absolute atomic E-state index is 4.72. The van der Waals surface area contributed by atoms with Crippen LogP contribution in [0.2, 0.25) is 0 Å². The van der Waals surface area contributed by atoms with Gasteiger partial charge in [0.05, 0.1) is 0 Å². The Balaban J connectivity index is 1.80. The molecule has 1 aromatic carbocycles. The molecule has 3 aromatic rings. The molecule has 27 heavy (non-hydrogen) atoms. The number of para-hydroxylation sites is 1. The highest BCUT2D eigenvalue weighted by atomic mass is 15.5. The van der Waals surface area contributed by atoms with E-state index in [1.54, 1.807) is 12.4 Å². The van der Waals surface area contributed by atoms with Gasteiger partial charge in [0.15, 0.2) is 11.6 Å². The molecule has 0 aliphatic carbocycles. The van der Waals surface area contributed by atoms with Crippen LogP contribution in [0.3, 0.4) is 0 Å². The predicted octanol–water partition coefficient (Wildman–Crippen LogP) is 4.80. The van der Waals surface area contributed by atoms with Gasteiger partial charge in [-0.15, -0.1) is 0 Å². The molecular weight excluding hydrogens is 334 g/mol. The van der Waals surface area contributed by atoms with Crippen molar-refractivity contribution in [1.82, 2.24) is 15.0 Å². The molecule has 0 saturated heterocycles. The SMILES string of the molecule is CCC1(C)c2ccccc2N2c3nccnc3N(c3ccccn3)C2C1C. The number of aromatic nitrogens is 3. The Morgan fingerprint density at radius 3 is 2.30 bits per heavy atom. The highest BCUT2D eigenvalue weighted by Crippen LogP contribution is 2.56. The quantitative estimate of drug-likeness (QED) is 0.659. The van der Waals surface area contributed by atoms with E-state index in [-0.39, 0.29) is 11.6 Å². The Bertz CT molecular complexity index is 989. The van der Waals surface area contributed by atoms with Gasteiger partial charge in [0.2, 0.25) is 0 Å². The van der Waals surface area contributed by atoms with Crippen molar-refractivity contribution in [3.05, 3.63) is 66.6 Å². The lowest BCUT2D eigenvalue weighted by Crippen LogP contribution is -2.54. The van der Waals surface area contributed by atoms with Gasteiger partial charge in [0.25, 0.3) is 0 Å². The first-order valence-corrected chi connectivity index (χ1v) is 9.57. The molecule has 0 saturated carbocycles. The summed E-state index contributed by atoms with van der Waals surface area (Å²) < 4.78 is 0. The Hall–Kier alpha value is -2.95. The molecule has 5 nitrogen and oxygen atoms in total. The number of pyridine rings is 1. The second-order valence-corrected chi connectivity index (χ2v) is 7.62. The standard InChI is InChI=1S/C22H23N5/c1-4-22(3)15(2)21-26(17-10-6-5-9-16(17)22)19-20(25-14-13-24-19)27(21)18-11-7-8-12-23-18/h5-15,21H,4H2,1-3H3. The van der Waals surface area contributed by atoms with Crippen molar-refractivity contribution < 1.29 is 0 Å². The lowest BCUT2D eigenvalue weighted by Gasteiger charge is -2.50. The van der Waals surface area contributed by atoms with Crippen molar-refractivity contribution in [2.75, 3.05) is 9.80 Å². The first-order valence-electron chi connectivity index (χ1n) is 9.57. The van der Waals surface area contributed by atoms with Crippen LogP contribution in [0.4, 0.5) is 23.1 Å². The first kappa shape index (κ1) is 16.2. The summed E-state index contributed by atoms with van der Waals surface area (Å²) in [5.74, 6) is 3.06. The molecule has 4 heterocycles. The molecule has 2 aliphatic heterocycles. The Kier molecular flexibility index (Phi) is 3.47. The van der Waals surface area contributed by atoms with E-state index >= 15 is 0 Å². The largest absolute Gasteiger partial charge is 0.301 e. The van der Waals surface area contributed by atoms with E-state index in [4.69, 9.17) is 9.97 Å². The van der Waals surface area contributed by atoms with E-state index in [0.29, 0.717) is 5.92 Å². The minimum Gasteiger partial charge on any atom is -0.301 e. The smallest absolute Gasteiger partial charge is 0.179 e. The number of rotatable bonds is 2. The average Bonchev–Trinajstić information content (AvgIpc) is 3.08. The molecule has 3 unspecified atom stereocenters. The molecule has 0 amide bonds. The van der Waals surface area contributed by atoms with Gasteiger partial charge in [-0.05, 0) is 30.2 Å². The third kappa shape index (κ3) is 2.08. The number of hydrogen-bond donors (Lipinski definition) is 0. The van der Waals surface area contributed by atoms with E-state index in [1.165, 1.54) is 11.3 Å². The lowest BCUT2D eigenvalue weighted by molar-refractivity contribution is 0.248. The van der Waals surface area contributed by atoms with Crippen molar-refractivity contribution in [1.29, 1.82) is 0 Å². The third-order valence-electron chi connectivity index (χ3n) is 6.51.